The number of hydrogen-bond acceptors (Lipinski definition) is 1. The molecule has 0 saturated carbocycles. The predicted molar refractivity (Wildman–Crippen MR) is 73.2 cm³/mol. The van der Waals surface area contributed by atoms with Gasteiger partial charge in [-0.3, -0.25) is 0 Å². The molecule has 0 bridgehead atoms. The van der Waals surface area contributed by atoms with E-state index in [0.717, 1.165) is 11.1 Å². The fraction of sp³-hybridized carbons (Fsp3) is 0.167. The summed E-state index contributed by atoms with van der Waals surface area (Å²) in [6.07, 6.45) is 5.49. The second kappa shape index (κ2) is 5.24. The average molecular weight is 277 g/mol. The van der Waals surface area contributed by atoms with Gasteiger partial charge in [0.05, 0.1) is 6.04 Å². The zero-order valence-corrected chi connectivity index (χ0v) is 10.8. The largest absolute Gasteiger partial charge is 0.321 e. The van der Waals surface area contributed by atoms with Crippen LogP contribution in [0.3, 0.4) is 0 Å². The quantitative estimate of drug-likeness (QED) is 0.780. The molecular weight excluding hydrogens is 264 g/mol. The number of allylic oxidation sites excluding steroid dienone is 2. The summed E-state index contributed by atoms with van der Waals surface area (Å²) in [5.74, 6) is 0. The van der Waals surface area contributed by atoms with Crippen molar-refractivity contribution in [3.63, 3.8) is 0 Å². The van der Waals surface area contributed by atoms with Crippen molar-refractivity contribution in [1.82, 2.24) is 0 Å². The van der Waals surface area contributed by atoms with Crippen LogP contribution in [0.25, 0.3) is 5.57 Å². The summed E-state index contributed by atoms with van der Waals surface area (Å²) in [6, 6.07) is 9.48. The van der Waals surface area contributed by atoms with Crippen molar-refractivity contribution >= 4 is 41.2 Å². The van der Waals surface area contributed by atoms with Gasteiger partial charge in [0, 0.05) is 0 Å². The Bertz CT molecular complexity index is 410. The molecule has 1 unspecified atom stereocenters. The van der Waals surface area contributed by atoms with Crippen LogP contribution in [0.2, 0.25) is 0 Å². The number of benzene rings is 1. The van der Waals surface area contributed by atoms with Crippen LogP contribution in [0.5, 0.6) is 0 Å². The third-order valence-corrected chi connectivity index (χ3v) is 3.17. The van der Waals surface area contributed by atoms with E-state index in [9.17, 15) is 0 Å². The van der Waals surface area contributed by atoms with Crippen molar-refractivity contribution in [2.24, 2.45) is 5.73 Å². The molecule has 1 aromatic rings. The van der Waals surface area contributed by atoms with Gasteiger partial charge < -0.3 is 5.73 Å². The van der Waals surface area contributed by atoms with E-state index < -0.39 is 10.4 Å². The minimum atomic E-state index is -1.01. The van der Waals surface area contributed by atoms with Crippen LogP contribution in [-0.2, 0) is 0 Å². The Balaban J connectivity index is 0.00000128. The minimum absolute atomic E-state index is 0. The number of halogens is 3. The Labute approximate surface area is 111 Å². The molecule has 1 atom stereocenters. The molecule has 0 heterocycles. The van der Waals surface area contributed by atoms with Gasteiger partial charge in [-0.25, -0.2) is 0 Å². The van der Waals surface area contributed by atoms with Gasteiger partial charge in [0.25, 0.3) is 0 Å². The SMILES string of the molecule is Cl.NC1C(c2ccccc2)=CC=CC1(Cl)Cl. The summed E-state index contributed by atoms with van der Waals surface area (Å²) in [4.78, 5) is 0. The van der Waals surface area contributed by atoms with Gasteiger partial charge in [-0.15, -0.1) is 12.4 Å². The van der Waals surface area contributed by atoms with Gasteiger partial charge in [-0.1, -0.05) is 65.7 Å². The van der Waals surface area contributed by atoms with Crippen LogP contribution in [-0.4, -0.2) is 10.4 Å². The fourth-order valence-electron chi connectivity index (χ4n) is 1.60. The molecule has 0 saturated heterocycles. The lowest BCUT2D eigenvalue weighted by Gasteiger charge is -2.28. The average Bonchev–Trinajstić information content (AvgIpc) is 2.23. The van der Waals surface area contributed by atoms with E-state index in [2.05, 4.69) is 0 Å². The lowest BCUT2D eigenvalue weighted by Crippen LogP contribution is -2.39. The van der Waals surface area contributed by atoms with E-state index in [0.29, 0.717) is 0 Å². The van der Waals surface area contributed by atoms with Crippen LogP contribution >= 0.6 is 35.6 Å². The summed E-state index contributed by atoms with van der Waals surface area (Å²) in [5, 5.41) is 0. The molecule has 2 N–H and O–H groups in total. The molecule has 1 nitrogen and oxygen atoms in total. The molecule has 0 fully saturated rings. The summed E-state index contributed by atoms with van der Waals surface area (Å²) < 4.78 is -1.01. The predicted octanol–water partition coefficient (Wildman–Crippen LogP) is 3.56. The second-order valence-electron chi connectivity index (χ2n) is 3.50. The highest BCUT2D eigenvalue weighted by Crippen LogP contribution is 2.36. The monoisotopic (exact) mass is 275 g/mol. The van der Waals surface area contributed by atoms with Crippen LogP contribution < -0.4 is 5.73 Å². The first-order chi connectivity index (χ1) is 7.11. The molecule has 0 spiro atoms. The molecule has 2 rings (SSSR count). The molecule has 4 heteroatoms. The summed E-state index contributed by atoms with van der Waals surface area (Å²) in [7, 11) is 0. The number of rotatable bonds is 1. The smallest absolute Gasteiger partial charge is 0.155 e. The molecule has 1 aliphatic carbocycles. The molecular formula is C12H12Cl3N. The Morgan fingerprint density at radius 1 is 1.12 bits per heavy atom. The molecule has 0 amide bonds. The first kappa shape index (κ1) is 13.6. The maximum atomic E-state index is 6.08. The van der Waals surface area contributed by atoms with Crippen LogP contribution in [0.1, 0.15) is 5.56 Å². The number of alkyl halides is 2. The molecule has 1 aromatic carbocycles. The summed E-state index contributed by atoms with van der Waals surface area (Å²) in [6.45, 7) is 0. The second-order valence-corrected chi connectivity index (χ2v) is 4.94. The highest BCUT2D eigenvalue weighted by molar-refractivity contribution is 6.51. The van der Waals surface area contributed by atoms with E-state index in [1.54, 1.807) is 6.08 Å². The molecule has 86 valence electrons. The first-order valence-electron chi connectivity index (χ1n) is 4.69. The zero-order chi connectivity index (χ0) is 10.9. The van der Waals surface area contributed by atoms with Crippen LogP contribution in [0.15, 0.2) is 48.6 Å². The van der Waals surface area contributed by atoms with Crippen LogP contribution in [0.4, 0.5) is 0 Å². The third-order valence-electron chi connectivity index (χ3n) is 2.45. The summed E-state index contributed by atoms with van der Waals surface area (Å²) >= 11 is 12.2. The van der Waals surface area contributed by atoms with Crippen molar-refractivity contribution in [2.75, 3.05) is 0 Å². The van der Waals surface area contributed by atoms with E-state index >= 15 is 0 Å². The van der Waals surface area contributed by atoms with Gasteiger partial charge >= 0.3 is 0 Å². The van der Waals surface area contributed by atoms with Crippen molar-refractivity contribution in [2.45, 2.75) is 10.4 Å². The van der Waals surface area contributed by atoms with Crippen LogP contribution in [0, 0.1) is 0 Å². The Morgan fingerprint density at radius 3 is 2.38 bits per heavy atom. The zero-order valence-electron chi connectivity index (χ0n) is 8.44. The molecule has 16 heavy (non-hydrogen) atoms. The fourth-order valence-corrected chi connectivity index (χ4v) is 1.98. The molecule has 0 aromatic heterocycles. The van der Waals surface area contributed by atoms with E-state index in [1.165, 1.54) is 0 Å². The minimum Gasteiger partial charge on any atom is -0.321 e. The normalized spacial score (nSPS) is 22.2. The number of nitrogens with two attached hydrogens (primary N) is 1. The van der Waals surface area contributed by atoms with Crippen molar-refractivity contribution in [1.29, 1.82) is 0 Å². The van der Waals surface area contributed by atoms with E-state index in [1.807, 2.05) is 42.5 Å². The van der Waals surface area contributed by atoms with Gasteiger partial charge in [-0.05, 0) is 17.2 Å². The molecule has 0 radical (unpaired) electrons. The highest BCUT2D eigenvalue weighted by Gasteiger charge is 2.34. The first-order valence-corrected chi connectivity index (χ1v) is 5.45. The lowest BCUT2D eigenvalue weighted by atomic mass is 9.92. The summed E-state index contributed by atoms with van der Waals surface area (Å²) in [5.41, 5.74) is 8.02. The molecule has 0 aliphatic heterocycles. The topological polar surface area (TPSA) is 26.0 Å². The molecule has 1 aliphatic rings. The third kappa shape index (κ3) is 2.61. The maximum Gasteiger partial charge on any atom is 0.155 e. The van der Waals surface area contributed by atoms with Gasteiger partial charge in [0.2, 0.25) is 0 Å². The number of hydrogen-bond donors (Lipinski definition) is 1. The van der Waals surface area contributed by atoms with E-state index in [4.69, 9.17) is 28.9 Å². The standard InChI is InChI=1S/C12H11Cl2N.ClH/c13-12(14)8-4-7-10(11(12)15)9-5-2-1-3-6-9;/h1-8,11H,15H2;1H. The maximum absolute atomic E-state index is 6.08. The van der Waals surface area contributed by atoms with Crippen molar-refractivity contribution < 1.29 is 0 Å². The Kier molecular flexibility index (Phi) is 4.45. The highest BCUT2D eigenvalue weighted by atomic mass is 35.5. The van der Waals surface area contributed by atoms with Gasteiger partial charge in [0.15, 0.2) is 4.33 Å². The van der Waals surface area contributed by atoms with Crippen molar-refractivity contribution in [3.8, 4) is 0 Å². The van der Waals surface area contributed by atoms with E-state index in [-0.39, 0.29) is 12.4 Å². The van der Waals surface area contributed by atoms with Gasteiger partial charge in [0.1, 0.15) is 0 Å². The lowest BCUT2D eigenvalue weighted by molar-refractivity contribution is 0.798. The Morgan fingerprint density at radius 2 is 1.75 bits per heavy atom. The van der Waals surface area contributed by atoms with Gasteiger partial charge in [-0.2, -0.15) is 0 Å². The Hall–Kier alpha value is -0.470. The van der Waals surface area contributed by atoms with Crippen molar-refractivity contribution in [3.05, 3.63) is 54.1 Å².